The molecule has 0 spiro atoms. The number of amides is 1. The zero-order valence-electron chi connectivity index (χ0n) is 15.9. The molecule has 2 N–H and O–H groups in total. The molecule has 5 heteroatoms. The van der Waals surface area contributed by atoms with E-state index in [1.54, 1.807) is 0 Å². The number of likely N-dealkylation sites (tertiary alicyclic amines) is 1. The molecule has 2 aliphatic heterocycles. The molecule has 0 aliphatic carbocycles. The molecule has 0 radical (unpaired) electrons. The highest BCUT2D eigenvalue weighted by Crippen LogP contribution is 2.27. The summed E-state index contributed by atoms with van der Waals surface area (Å²) in [6, 6.07) is 14.7. The summed E-state index contributed by atoms with van der Waals surface area (Å²) in [7, 11) is 0. The van der Waals surface area contributed by atoms with Crippen LogP contribution in [0.4, 0.5) is 0 Å². The normalized spacial score (nSPS) is 16.8. The molecule has 5 rings (SSSR count). The second-order valence-corrected chi connectivity index (χ2v) is 7.69. The van der Waals surface area contributed by atoms with Gasteiger partial charge in [-0.3, -0.25) is 14.7 Å². The van der Waals surface area contributed by atoms with Gasteiger partial charge >= 0.3 is 0 Å². The van der Waals surface area contributed by atoms with E-state index in [1.165, 1.54) is 31.5 Å². The van der Waals surface area contributed by atoms with Gasteiger partial charge in [0.25, 0.3) is 5.91 Å². The van der Waals surface area contributed by atoms with Gasteiger partial charge in [-0.2, -0.15) is 0 Å². The van der Waals surface area contributed by atoms with Crippen molar-refractivity contribution >= 4 is 5.91 Å². The van der Waals surface area contributed by atoms with Crippen LogP contribution in [0.5, 0.6) is 0 Å². The Morgan fingerprint density at radius 1 is 1.04 bits per heavy atom. The maximum Gasteiger partial charge on any atom is 0.253 e. The van der Waals surface area contributed by atoms with Gasteiger partial charge in [0.2, 0.25) is 0 Å². The lowest BCUT2D eigenvalue weighted by atomic mass is 10.0. The second-order valence-electron chi connectivity index (χ2n) is 7.69. The summed E-state index contributed by atoms with van der Waals surface area (Å²) in [6.07, 6.45) is 5.30. The fraction of sp³-hybridized carbons (Fsp3) is 0.304. The molecule has 2 aromatic heterocycles. The fourth-order valence-corrected chi connectivity index (χ4v) is 4.23. The molecule has 28 heavy (non-hydrogen) atoms. The summed E-state index contributed by atoms with van der Waals surface area (Å²) in [5.41, 5.74) is 7.22. The summed E-state index contributed by atoms with van der Waals surface area (Å²) < 4.78 is 0. The summed E-state index contributed by atoms with van der Waals surface area (Å²) in [6.45, 7) is 4.09. The molecule has 0 saturated carbocycles. The van der Waals surface area contributed by atoms with Crippen LogP contribution in [-0.2, 0) is 13.0 Å². The number of pyridine rings is 1. The molecule has 0 bridgehead atoms. The number of hydrogen-bond donors (Lipinski definition) is 2. The van der Waals surface area contributed by atoms with E-state index in [1.807, 2.05) is 18.3 Å². The average molecular weight is 372 g/mol. The maximum absolute atomic E-state index is 12.1. The Hall–Kier alpha value is -2.92. The number of aromatic nitrogens is 2. The fourth-order valence-electron chi connectivity index (χ4n) is 4.23. The van der Waals surface area contributed by atoms with E-state index in [9.17, 15) is 4.79 Å². The second kappa shape index (κ2) is 7.24. The van der Waals surface area contributed by atoms with Gasteiger partial charge in [0.1, 0.15) is 0 Å². The van der Waals surface area contributed by atoms with Gasteiger partial charge in [-0.25, -0.2) is 0 Å². The van der Waals surface area contributed by atoms with E-state index in [0.29, 0.717) is 6.54 Å². The molecule has 3 aromatic rings. The van der Waals surface area contributed by atoms with E-state index in [4.69, 9.17) is 0 Å². The Morgan fingerprint density at radius 2 is 1.93 bits per heavy atom. The molecule has 5 nitrogen and oxygen atoms in total. The first-order valence-electron chi connectivity index (χ1n) is 10.0. The lowest BCUT2D eigenvalue weighted by Crippen LogP contribution is -2.31. The maximum atomic E-state index is 12.1. The number of aromatic amines is 1. The SMILES string of the molecule is O=C1NCCc2[nH]c(-c3ccnc(-c4cccc(CN5CCCC5)c4)c3)cc21. The van der Waals surface area contributed by atoms with Crippen LogP contribution >= 0.6 is 0 Å². The van der Waals surface area contributed by atoms with E-state index in [0.717, 1.165) is 46.7 Å². The molecule has 2 aliphatic rings. The number of fused-ring (bicyclic) bond motifs is 1. The van der Waals surface area contributed by atoms with Crippen LogP contribution in [0.1, 0.15) is 34.5 Å². The van der Waals surface area contributed by atoms with Crippen molar-refractivity contribution in [3.05, 3.63) is 65.5 Å². The number of rotatable bonds is 4. The van der Waals surface area contributed by atoms with Crippen molar-refractivity contribution in [2.75, 3.05) is 19.6 Å². The first kappa shape index (κ1) is 17.2. The monoisotopic (exact) mass is 372 g/mol. The predicted octanol–water partition coefficient (Wildman–Crippen LogP) is 3.63. The van der Waals surface area contributed by atoms with Gasteiger partial charge in [-0.1, -0.05) is 18.2 Å². The Kier molecular flexibility index (Phi) is 4.45. The molecule has 0 unspecified atom stereocenters. The molecule has 1 amide bonds. The van der Waals surface area contributed by atoms with Crippen molar-refractivity contribution in [3.63, 3.8) is 0 Å². The van der Waals surface area contributed by atoms with Crippen molar-refractivity contribution in [2.45, 2.75) is 25.8 Å². The highest BCUT2D eigenvalue weighted by atomic mass is 16.1. The van der Waals surface area contributed by atoms with Crippen LogP contribution in [-0.4, -0.2) is 40.4 Å². The number of carbonyl (C=O) groups is 1. The van der Waals surface area contributed by atoms with Gasteiger partial charge in [0.05, 0.1) is 11.3 Å². The highest BCUT2D eigenvalue weighted by molar-refractivity contribution is 5.97. The third kappa shape index (κ3) is 3.34. The largest absolute Gasteiger partial charge is 0.358 e. The standard InChI is InChI=1S/C23H24N4O/c28-23-19-14-22(26-20(19)7-9-25-23)18-6-8-24-21(13-18)17-5-3-4-16(12-17)15-27-10-1-2-11-27/h3-6,8,12-14,26H,1-2,7,9-11,15H2,(H,25,28). The summed E-state index contributed by atoms with van der Waals surface area (Å²) in [4.78, 5) is 22.6. The van der Waals surface area contributed by atoms with Gasteiger partial charge in [0, 0.05) is 48.2 Å². The van der Waals surface area contributed by atoms with Crippen LogP contribution in [0.2, 0.25) is 0 Å². The average Bonchev–Trinajstić information content (AvgIpc) is 3.39. The molecule has 4 heterocycles. The van der Waals surface area contributed by atoms with Gasteiger partial charge in [-0.05, 0) is 55.8 Å². The summed E-state index contributed by atoms with van der Waals surface area (Å²) in [5.74, 6) is 0.00708. The zero-order valence-corrected chi connectivity index (χ0v) is 15.9. The lowest BCUT2D eigenvalue weighted by Gasteiger charge is -2.15. The highest BCUT2D eigenvalue weighted by Gasteiger charge is 2.20. The lowest BCUT2D eigenvalue weighted by molar-refractivity contribution is 0.0946. The van der Waals surface area contributed by atoms with E-state index < -0.39 is 0 Å². The van der Waals surface area contributed by atoms with Gasteiger partial charge in [-0.15, -0.1) is 0 Å². The van der Waals surface area contributed by atoms with Crippen LogP contribution in [0.3, 0.4) is 0 Å². The molecule has 0 atom stereocenters. The molecule has 1 aromatic carbocycles. The van der Waals surface area contributed by atoms with Crippen LogP contribution in [0.25, 0.3) is 22.5 Å². The molecule has 1 saturated heterocycles. The Morgan fingerprint density at radius 3 is 2.79 bits per heavy atom. The molecule has 142 valence electrons. The number of benzene rings is 1. The van der Waals surface area contributed by atoms with Crippen molar-refractivity contribution in [1.82, 2.24) is 20.2 Å². The quantitative estimate of drug-likeness (QED) is 0.735. The van der Waals surface area contributed by atoms with E-state index in [2.05, 4.69) is 50.5 Å². The summed E-state index contributed by atoms with van der Waals surface area (Å²) in [5, 5.41) is 2.90. The minimum atomic E-state index is 0.00708. The zero-order chi connectivity index (χ0) is 18.9. The molecular weight excluding hydrogens is 348 g/mol. The van der Waals surface area contributed by atoms with E-state index >= 15 is 0 Å². The van der Waals surface area contributed by atoms with Crippen LogP contribution < -0.4 is 5.32 Å². The third-order valence-corrected chi connectivity index (χ3v) is 5.70. The summed E-state index contributed by atoms with van der Waals surface area (Å²) >= 11 is 0. The molecule has 1 fully saturated rings. The minimum Gasteiger partial charge on any atom is -0.358 e. The number of hydrogen-bond acceptors (Lipinski definition) is 3. The van der Waals surface area contributed by atoms with E-state index in [-0.39, 0.29) is 5.91 Å². The van der Waals surface area contributed by atoms with Crippen molar-refractivity contribution in [2.24, 2.45) is 0 Å². The Balaban J connectivity index is 1.44. The predicted molar refractivity (Wildman–Crippen MR) is 110 cm³/mol. The topological polar surface area (TPSA) is 61.0 Å². The van der Waals surface area contributed by atoms with Crippen LogP contribution in [0, 0.1) is 0 Å². The third-order valence-electron chi connectivity index (χ3n) is 5.70. The van der Waals surface area contributed by atoms with Crippen LogP contribution in [0.15, 0.2) is 48.7 Å². The first-order valence-corrected chi connectivity index (χ1v) is 10.0. The number of nitrogens with zero attached hydrogens (tertiary/aromatic N) is 2. The first-order chi connectivity index (χ1) is 13.8. The smallest absolute Gasteiger partial charge is 0.253 e. The number of nitrogens with one attached hydrogen (secondary N) is 2. The number of carbonyl (C=O) groups excluding carboxylic acids is 1. The Bertz CT molecular complexity index is 1020. The van der Waals surface area contributed by atoms with Crippen molar-refractivity contribution in [3.8, 4) is 22.5 Å². The van der Waals surface area contributed by atoms with Crippen molar-refractivity contribution < 1.29 is 4.79 Å². The van der Waals surface area contributed by atoms with Crippen molar-refractivity contribution in [1.29, 1.82) is 0 Å². The van der Waals surface area contributed by atoms with Gasteiger partial charge in [0.15, 0.2) is 0 Å². The molecular formula is C23H24N4O. The van der Waals surface area contributed by atoms with Gasteiger partial charge < -0.3 is 10.3 Å². The Labute approximate surface area is 164 Å². The number of H-pyrrole nitrogens is 1. The minimum absolute atomic E-state index is 0.00708.